The van der Waals surface area contributed by atoms with Gasteiger partial charge in [-0.15, -0.1) is 0 Å². The van der Waals surface area contributed by atoms with E-state index < -0.39 is 6.10 Å². The van der Waals surface area contributed by atoms with Gasteiger partial charge in [-0.05, 0) is 55.7 Å². The Morgan fingerprint density at radius 1 is 1.20 bits per heavy atom. The molecule has 1 N–H and O–H groups in total. The zero-order valence-corrected chi connectivity index (χ0v) is 15.6. The second kappa shape index (κ2) is 9.33. The molecule has 1 amide bonds. The SMILES string of the molecule is CCC(Oc1cccc(Cl)c1)C(=O)NCCOc1cc(C)ccc1C. The molecule has 0 aromatic heterocycles. The normalized spacial score (nSPS) is 11.7. The van der Waals surface area contributed by atoms with Gasteiger partial charge in [0.1, 0.15) is 18.1 Å². The fourth-order valence-electron chi connectivity index (χ4n) is 2.34. The van der Waals surface area contributed by atoms with Gasteiger partial charge >= 0.3 is 0 Å². The van der Waals surface area contributed by atoms with Crippen LogP contribution < -0.4 is 14.8 Å². The highest BCUT2D eigenvalue weighted by atomic mass is 35.5. The van der Waals surface area contributed by atoms with Crippen molar-refractivity contribution in [2.45, 2.75) is 33.3 Å². The quantitative estimate of drug-likeness (QED) is 0.713. The fourth-order valence-corrected chi connectivity index (χ4v) is 2.52. The third-order valence-corrected chi connectivity index (χ3v) is 3.98. The summed E-state index contributed by atoms with van der Waals surface area (Å²) in [5.41, 5.74) is 2.22. The summed E-state index contributed by atoms with van der Waals surface area (Å²) < 4.78 is 11.5. The lowest BCUT2D eigenvalue weighted by atomic mass is 10.1. The van der Waals surface area contributed by atoms with E-state index in [0.29, 0.717) is 30.3 Å². The van der Waals surface area contributed by atoms with Crippen LogP contribution in [0.4, 0.5) is 0 Å². The summed E-state index contributed by atoms with van der Waals surface area (Å²) in [6, 6.07) is 13.1. The van der Waals surface area contributed by atoms with Crippen LogP contribution in [0.1, 0.15) is 24.5 Å². The Kier molecular flexibility index (Phi) is 7.14. The van der Waals surface area contributed by atoms with Crippen LogP contribution in [-0.4, -0.2) is 25.2 Å². The number of rotatable bonds is 8. The molecule has 4 nitrogen and oxygen atoms in total. The number of carbonyl (C=O) groups is 1. The second-order valence-corrected chi connectivity index (χ2v) is 6.32. The number of hydrogen-bond acceptors (Lipinski definition) is 3. The van der Waals surface area contributed by atoms with Crippen molar-refractivity contribution in [3.8, 4) is 11.5 Å². The van der Waals surface area contributed by atoms with Crippen molar-refractivity contribution in [2.24, 2.45) is 0 Å². The monoisotopic (exact) mass is 361 g/mol. The summed E-state index contributed by atoms with van der Waals surface area (Å²) in [4.78, 5) is 12.3. The molecule has 0 aliphatic heterocycles. The largest absolute Gasteiger partial charge is 0.491 e. The van der Waals surface area contributed by atoms with Crippen LogP contribution in [0, 0.1) is 13.8 Å². The molecular weight excluding hydrogens is 338 g/mol. The van der Waals surface area contributed by atoms with Crippen molar-refractivity contribution >= 4 is 17.5 Å². The molecule has 5 heteroatoms. The molecule has 0 aliphatic carbocycles. The van der Waals surface area contributed by atoms with Crippen molar-refractivity contribution in [2.75, 3.05) is 13.2 Å². The fraction of sp³-hybridized carbons (Fsp3) is 0.350. The maximum Gasteiger partial charge on any atom is 0.261 e. The van der Waals surface area contributed by atoms with Gasteiger partial charge < -0.3 is 14.8 Å². The highest BCUT2D eigenvalue weighted by Crippen LogP contribution is 2.20. The van der Waals surface area contributed by atoms with E-state index in [4.69, 9.17) is 21.1 Å². The number of benzene rings is 2. The first kappa shape index (κ1) is 19.1. The Labute approximate surface area is 154 Å². The zero-order valence-electron chi connectivity index (χ0n) is 14.8. The Morgan fingerprint density at radius 3 is 2.72 bits per heavy atom. The number of ether oxygens (including phenoxy) is 2. The van der Waals surface area contributed by atoms with Crippen LogP contribution in [0.3, 0.4) is 0 Å². The van der Waals surface area contributed by atoms with E-state index in [9.17, 15) is 4.79 Å². The topological polar surface area (TPSA) is 47.6 Å². The van der Waals surface area contributed by atoms with Crippen molar-refractivity contribution in [1.29, 1.82) is 0 Å². The third kappa shape index (κ3) is 5.98. The molecule has 1 unspecified atom stereocenters. The van der Waals surface area contributed by atoms with Gasteiger partial charge in [-0.3, -0.25) is 4.79 Å². The van der Waals surface area contributed by atoms with E-state index in [2.05, 4.69) is 5.32 Å². The van der Waals surface area contributed by atoms with Gasteiger partial charge in [-0.1, -0.05) is 36.7 Å². The first-order valence-corrected chi connectivity index (χ1v) is 8.77. The number of nitrogens with one attached hydrogen (secondary N) is 1. The standard InChI is InChI=1S/C20H24ClNO3/c1-4-18(25-17-7-5-6-16(21)13-17)20(23)22-10-11-24-19-12-14(2)8-9-15(19)3/h5-9,12-13,18H,4,10-11H2,1-3H3,(H,22,23). The predicted octanol–water partition coefficient (Wildman–Crippen LogP) is 4.31. The van der Waals surface area contributed by atoms with Crippen LogP contribution in [0.15, 0.2) is 42.5 Å². The Morgan fingerprint density at radius 2 is 2.00 bits per heavy atom. The van der Waals surface area contributed by atoms with Crippen LogP contribution in [0.2, 0.25) is 5.02 Å². The Balaban J connectivity index is 1.80. The summed E-state index contributed by atoms with van der Waals surface area (Å²) in [6.45, 7) is 6.75. The van der Waals surface area contributed by atoms with Gasteiger partial charge in [0.25, 0.3) is 5.91 Å². The number of carbonyl (C=O) groups excluding carboxylic acids is 1. The molecule has 0 bridgehead atoms. The van der Waals surface area contributed by atoms with E-state index >= 15 is 0 Å². The number of hydrogen-bond donors (Lipinski definition) is 1. The molecule has 0 radical (unpaired) electrons. The van der Waals surface area contributed by atoms with E-state index in [1.165, 1.54) is 0 Å². The van der Waals surface area contributed by atoms with Crippen LogP contribution in [0.25, 0.3) is 0 Å². The highest BCUT2D eigenvalue weighted by Gasteiger charge is 2.18. The van der Waals surface area contributed by atoms with Crippen molar-refractivity contribution in [3.63, 3.8) is 0 Å². The average molecular weight is 362 g/mol. The Bertz CT molecular complexity index is 718. The van der Waals surface area contributed by atoms with Crippen LogP contribution in [0.5, 0.6) is 11.5 Å². The smallest absolute Gasteiger partial charge is 0.261 e. The summed E-state index contributed by atoms with van der Waals surface area (Å²) >= 11 is 5.94. The van der Waals surface area contributed by atoms with E-state index in [1.807, 2.05) is 39.0 Å². The third-order valence-electron chi connectivity index (χ3n) is 3.74. The molecule has 134 valence electrons. The lowest BCUT2D eigenvalue weighted by molar-refractivity contribution is -0.128. The van der Waals surface area contributed by atoms with Gasteiger partial charge in [-0.2, -0.15) is 0 Å². The summed E-state index contributed by atoms with van der Waals surface area (Å²) in [7, 11) is 0. The van der Waals surface area contributed by atoms with Gasteiger partial charge in [0.15, 0.2) is 6.10 Å². The van der Waals surface area contributed by atoms with Crippen molar-refractivity contribution in [3.05, 3.63) is 58.6 Å². The average Bonchev–Trinajstić information content (AvgIpc) is 2.59. The number of aryl methyl sites for hydroxylation is 2. The Hall–Kier alpha value is -2.20. The molecule has 2 aromatic rings. The van der Waals surface area contributed by atoms with Crippen LogP contribution >= 0.6 is 11.6 Å². The molecule has 0 fully saturated rings. The van der Waals surface area contributed by atoms with Crippen LogP contribution in [-0.2, 0) is 4.79 Å². The van der Waals surface area contributed by atoms with Crippen molar-refractivity contribution < 1.29 is 14.3 Å². The number of amides is 1. The molecule has 2 rings (SSSR count). The lowest BCUT2D eigenvalue weighted by Gasteiger charge is -2.17. The molecule has 25 heavy (non-hydrogen) atoms. The van der Waals surface area contributed by atoms with Gasteiger partial charge in [0.2, 0.25) is 0 Å². The molecule has 0 saturated carbocycles. The van der Waals surface area contributed by atoms with Gasteiger partial charge in [0.05, 0.1) is 6.54 Å². The lowest BCUT2D eigenvalue weighted by Crippen LogP contribution is -2.39. The number of halogens is 1. The molecule has 2 aromatic carbocycles. The predicted molar refractivity (Wildman–Crippen MR) is 101 cm³/mol. The van der Waals surface area contributed by atoms with Crippen molar-refractivity contribution in [1.82, 2.24) is 5.32 Å². The first-order chi connectivity index (χ1) is 12.0. The minimum absolute atomic E-state index is 0.160. The van der Waals surface area contributed by atoms with E-state index in [0.717, 1.165) is 16.9 Å². The molecule has 0 heterocycles. The molecule has 1 atom stereocenters. The summed E-state index contributed by atoms with van der Waals surface area (Å²) in [5, 5.41) is 3.43. The second-order valence-electron chi connectivity index (χ2n) is 5.88. The van der Waals surface area contributed by atoms with E-state index in [1.54, 1.807) is 24.3 Å². The minimum atomic E-state index is -0.556. The molecule has 0 saturated heterocycles. The maximum atomic E-state index is 12.3. The van der Waals surface area contributed by atoms with Gasteiger partial charge in [-0.25, -0.2) is 0 Å². The highest BCUT2D eigenvalue weighted by molar-refractivity contribution is 6.30. The summed E-state index contributed by atoms with van der Waals surface area (Å²) in [6.07, 6.45) is 0.00934. The zero-order chi connectivity index (χ0) is 18.2. The van der Waals surface area contributed by atoms with E-state index in [-0.39, 0.29) is 5.91 Å². The minimum Gasteiger partial charge on any atom is -0.491 e. The summed E-state index contributed by atoms with van der Waals surface area (Å²) in [5.74, 6) is 1.27. The molecular formula is C20H24ClNO3. The maximum absolute atomic E-state index is 12.3. The van der Waals surface area contributed by atoms with Gasteiger partial charge in [0, 0.05) is 5.02 Å². The molecule has 0 aliphatic rings. The first-order valence-electron chi connectivity index (χ1n) is 8.39. The molecule has 0 spiro atoms.